The third-order valence-corrected chi connectivity index (χ3v) is 10.1. The van der Waals surface area contributed by atoms with Crippen molar-refractivity contribution in [3.63, 3.8) is 0 Å². The van der Waals surface area contributed by atoms with Crippen molar-refractivity contribution >= 4 is 37.8 Å². The van der Waals surface area contributed by atoms with Gasteiger partial charge in [0, 0.05) is 12.4 Å². The Morgan fingerprint density at radius 1 is 0.565 bits per heavy atom. The largest absolute Gasteiger partial charge is 0.326 e. The minimum Gasteiger partial charge on any atom is -0.326 e. The van der Waals surface area contributed by atoms with Crippen molar-refractivity contribution in [2.75, 3.05) is 0 Å². The molecule has 0 spiro atoms. The van der Waals surface area contributed by atoms with Crippen LogP contribution in [0.1, 0.15) is 23.6 Å². The van der Waals surface area contributed by atoms with Crippen LogP contribution < -0.4 is 21.6 Å². The van der Waals surface area contributed by atoms with Crippen molar-refractivity contribution in [1.29, 1.82) is 0 Å². The van der Waals surface area contributed by atoms with Crippen molar-refractivity contribution in [1.82, 2.24) is 9.55 Å². The number of aryl methyl sites for hydroxylation is 1. The number of hydrogen-bond donors (Lipinski definition) is 0. The predicted octanol–water partition coefficient (Wildman–Crippen LogP) is 6.43. The molecule has 0 atom stereocenters. The van der Waals surface area contributed by atoms with Gasteiger partial charge in [-0.15, -0.1) is 0 Å². The normalized spacial score (nSPS) is 10.9. The second kappa shape index (κ2) is 15.2. The fourth-order valence-electron chi connectivity index (χ4n) is 6.08. The lowest BCUT2D eigenvalue weighted by molar-refractivity contribution is 0.596. The van der Waals surface area contributed by atoms with E-state index in [1.807, 2.05) is 12.5 Å². The van der Waals surface area contributed by atoms with Crippen LogP contribution in [0.2, 0.25) is 0 Å². The molecule has 0 saturated heterocycles. The molecule has 0 fully saturated rings. The second-order valence-corrected chi connectivity index (χ2v) is 12.8. The molecule has 46 heavy (non-hydrogen) atoms. The van der Waals surface area contributed by atoms with E-state index in [-0.39, 0.29) is 5.16 Å². The number of imidazole rings is 1. The average molecular weight is 609 g/mol. The average Bonchev–Trinajstić information content (AvgIpc) is 3.69. The van der Waals surface area contributed by atoms with Crippen LogP contribution in [-0.2, 0) is 11.6 Å². The first-order valence-electron chi connectivity index (χ1n) is 15.9. The molecule has 6 aromatic carbocycles. The molecule has 0 saturated carbocycles. The summed E-state index contributed by atoms with van der Waals surface area (Å²) in [5.74, 6) is 0. The topological polar surface area (TPSA) is 17.8 Å². The van der Waals surface area contributed by atoms with Gasteiger partial charge in [-0.3, -0.25) is 0 Å². The molecule has 7 aromatic rings. The van der Waals surface area contributed by atoms with Crippen LogP contribution in [0.15, 0.2) is 195 Å². The summed E-state index contributed by atoms with van der Waals surface area (Å²) in [4.78, 5) is 4.38. The molecule has 0 N–H and O–H groups in total. The Morgan fingerprint density at radius 3 is 1.43 bits per heavy atom. The third-order valence-electron chi connectivity index (χ3n) is 8.33. The Balaban J connectivity index is 0.000000172. The minimum atomic E-state index is -0.314. The highest BCUT2D eigenvalue weighted by Gasteiger charge is 2.37. The number of hydrogen-bond acceptors (Lipinski definition) is 1. The molecule has 0 aliphatic carbocycles. The Bertz CT molecular complexity index is 1750. The molecule has 4 heteroatoms. The molecule has 1 heterocycles. The minimum absolute atomic E-state index is 0.309. The Labute approximate surface area is 276 Å². The van der Waals surface area contributed by atoms with E-state index in [1.165, 1.54) is 38.3 Å². The van der Waals surface area contributed by atoms with Crippen LogP contribution in [-0.4, -0.2) is 25.8 Å². The van der Waals surface area contributed by atoms with Gasteiger partial charge in [-0.1, -0.05) is 204 Å². The summed E-state index contributed by atoms with van der Waals surface area (Å²) < 4.78 is 2.26. The van der Waals surface area contributed by atoms with E-state index in [0.717, 1.165) is 6.42 Å². The number of aromatic nitrogens is 2. The van der Waals surface area contributed by atoms with Gasteiger partial charge in [0.25, 0.3) is 0 Å². The summed E-state index contributed by atoms with van der Waals surface area (Å²) in [5, 5.41) is 1.04. The van der Waals surface area contributed by atoms with Crippen molar-refractivity contribution in [3.05, 3.63) is 211 Å². The number of rotatable bonds is 9. The lowest BCUT2D eigenvalue weighted by Crippen LogP contribution is -2.51. The highest BCUT2D eigenvalue weighted by atomic mass is 28.2. The lowest BCUT2D eigenvalue weighted by Gasteiger charge is -2.36. The zero-order chi connectivity index (χ0) is 31.4. The van der Waals surface area contributed by atoms with E-state index in [4.69, 9.17) is 0 Å². The first-order valence-corrected chi connectivity index (χ1v) is 16.9. The first kappa shape index (κ1) is 30.8. The summed E-state index contributed by atoms with van der Waals surface area (Å²) in [6, 6.07) is 62.5. The van der Waals surface area contributed by atoms with E-state index in [1.54, 1.807) is 0 Å². The van der Waals surface area contributed by atoms with Crippen molar-refractivity contribution in [2.45, 2.75) is 18.5 Å². The smallest absolute Gasteiger partial charge is 0.241 e. The van der Waals surface area contributed by atoms with E-state index < -0.39 is 0 Å². The zero-order valence-electron chi connectivity index (χ0n) is 26.2. The van der Waals surface area contributed by atoms with Crippen molar-refractivity contribution < 1.29 is 0 Å². The Kier molecular flexibility index (Phi) is 10.2. The van der Waals surface area contributed by atoms with Gasteiger partial charge >= 0.3 is 0 Å². The molecule has 1 aromatic heterocycles. The first-order chi connectivity index (χ1) is 22.8. The third kappa shape index (κ3) is 7.04. The maximum Gasteiger partial charge on any atom is 0.241 e. The molecule has 0 aliphatic rings. The Hall–Kier alpha value is -5.19. The van der Waals surface area contributed by atoms with Gasteiger partial charge in [-0.05, 0) is 23.1 Å². The summed E-state index contributed by atoms with van der Waals surface area (Å²) >= 11 is 0. The van der Waals surface area contributed by atoms with Crippen molar-refractivity contribution in [3.8, 4) is 0 Å². The van der Waals surface area contributed by atoms with Crippen LogP contribution in [0.3, 0.4) is 0 Å². The predicted molar refractivity (Wildman–Crippen MR) is 196 cm³/mol. The van der Waals surface area contributed by atoms with Gasteiger partial charge in [0.05, 0.1) is 11.5 Å². The summed E-state index contributed by atoms with van der Waals surface area (Å²) in [7, 11) is 0.538. The maximum absolute atomic E-state index is 4.38. The summed E-state index contributed by atoms with van der Waals surface area (Å²) in [6.45, 7) is 2.52. The van der Waals surface area contributed by atoms with E-state index >= 15 is 0 Å². The van der Waals surface area contributed by atoms with Crippen LogP contribution >= 0.6 is 0 Å². The quantitative estimate of drug-likeness (QED) is 0.173. The molecule has 0 bridgehead atoms. The fourth-order valence-corrected chi connectivity index (χ4v) is 7.82. The highest BCUT2D eigenvalue weighted by Crippen LogP contribution is 2.33. The molecule has 7 rings (SSSR count). The molecular formula is C42H37BN2Si. The molecule has 222 valence electrons. The van der Waals surface area contributed by atoms with Gasteiger partial charge in [-0.25, -0.2) is 4.98 Å². The zero-order valence-corrected chi connectivity index (χ0v) is 27.2. The molecular weight excluding hydrogens is 571 g/mol. The van der Waals surface area contributed by atoms with Gasteiger partial charge in [0.15, 0.2) is 0 Å². The monoisotopic (exact) mass is 608 g/mol. The highest BCUT2D eigenvalue weighted by molar-refractivity contribution is 6.95. The van der Waals surface area contributed by atoms with Gasteiger partial charge < -0.3 is 4.57 Å². The number of nitrogens with zero attached hydrogens (tertiary/aromatic N) is 2. The maximum atomic E-state index is 4.38. The summed E-state index contributed by atoms with van der Waals surface area (Å²) in [6.07, 6.45) is 6.94. The molecule has 0 aliphatic heterocycles. The Morgan fingerprint density at radius 2 is 1.02 bits per heavy atom. The second-order valence-electron chi connectivity index (χ2n) is 11.3. The molecule has 2 radical (unpaired) electrons. The lowest BCUT2D eigenvalue weighted by atomic mass is 9.37. The molecule has 0 unspecified atom stereocenters. The number of benzene rings is 6. The van der Waals surface area contributed by atoms with Gasteiger partial charge in [0.1, 0.15) is 9.52 Å². The van der Waals surface area contributed by atoms with Crippen molar-refractivity contribution in [2.24, 2.45) is 0 Å². The van der Waals surface area contributed by atoms with Crippen LogP contribution in [0, 0.1) is 0 Å². The van der Waals surface area contributed by atoms with Crippen LogP contribution in [0.4, 0.5) is 0 Å². The van der Waals surface area contributed by atoms with Gasteiger partial charge in [-0.2, -0.15) is 0 Å². The standard InChI is InChI=1S/C24H22N2Si.C18H15B/c1-2-20-10-9-15-23(18-20)27-24(26-17-16-25-19-26,21-11-5-3-6-12-21)22-13-7-4-8-14-22;1-4-10-16(11-5-1)19(17-12-6-2-7-13-17)18-14-8-3-9-15-18/h3-19H,2H2,1H3;1-15H. The fraction of sp³-hybridized carbons (Fsp3) is 0.0714. The van der Waals surface area contributed by atoms with E-state index in [0.29, 0.717) is 16.2 Å². The van der Waals surface area contributed by atoms with E-state index in [2.05, 4.69) is 199 Å². The molecule has 2 nitrogen and oxygen atoms in total. The van der Waals surface area contributed by atoms with Gasteiger partial charge in [0.2, 0.25) is 6.71 Å². The van der Waals surface area contributed by atoms with E-state index in [9.17, 15) is 0 Å². The molecule has 0 amide bonds. The van der Waals surface area contributed by atoms with Crippen LogP contribution in [0.5, 0.6) is 0 Å². The SMILES string of the molecule is CCc1cccc([Si]C(c2ccccc2)(c2ccccc2)n2ccnc2)c1.c1ccc(B(c2ccccc2)c2ccccc2)cc1. The summed E-state index contributed by atoms with van der Waals surface area (Å²) in [5.41, 5.74) is 7.92. The van der Waals surface area contributed by atoms with Crippen LogP contribution in [0.25, 0.3) is 0 Å².